The fourth-order valence-electron chi connectivity index (χ4n) is 2.69. The highest BCUT2D eigenvalue weighted by Crippen LogP contribution is 2.43. The van der Waals surface area contributed by atoms with Crippen molar-refractivity contribution in [2.24, 2.45) is 7.05 Å². The summed E-state index contributed by atoms with van der Waals surface area (Å²) in [6.45, 7) is 0. The standard InChI is InChI=1S/C16H17N5/c1-20-10-12(9-18-20)14-15(17)21(13-7-8-13)16(19-14)11-5-3-2-4-6-11/h2-6,9-10,13H,7-8,17H2,1H3. The van der Waals surface area contributed by atoms with Crippen molar-refractivity contribution in [3.8, 4) is 22.6 Å². The van der Waals surface area contributed by atoms with Crippen molar-refractivity contribution >= 4 is 5.82 Å². The highest BCUT2D eigenvalue weighted by atomic mass is 15.2. The number of nitrogens with two attached hydrogens (primary N) is 1. The molecule has 1 aliphatic carbocycles. The number of aryl methyl sites for hydroxylation is 1. The highest BCUT2D eigenvalue weighted by molar-refractivity contribution is 5.75. The zero-order valence-electron chi connectivity index (χ0n) is 11.9. The predicted octanol–water partition coefficient (Wildman–Crippen LogP) is 2.87. The van der Waals surface area contributed by atoms with E-state index in [2.05, 4.69) is 21.8 Å². The summed E-state index contributed by atoms with van der Waals surface area (Å²) in [6, 6.07) is 10.7. The quantitative estimate of drug-likeness (QED) is 0.802. The number of imidazole rings is 1. The van der Waals surface area contributed by atoms with E-state index in [4.69, 9.17) is 10.7 Å². The Balaban J connectivity index is 1.91. The average Bonchev–Trinajstić information content (AvgIpc) is 3.15. The lowest BCUT2D eigenvalue weighted by Crippen LogP contribution is -2.02. The van der Waals surface area contributed by atoms with Gasteiger partial charge >= 0.3 is 0 Å². The van der Waals surface area contributed by atoms with E-state index in [-0.39, 0.29) is 0 Å². The fraction of sp³-hybridized carbons (Fsp3) is 0.250. The molecule has 0 unspecified atom stereocenters. The molecule has 2 aromatic heterocycles. The van der Waals surface area contributed by atoms with Crippen molar-refractivity contribution in [3.05, 3.63) is 42.7 Å². The lowest BCUT2D eigenvalue weighted by atomic mass is 10.2. The van der Waals surface area contributed by atoms with Crippen molar-refractivity contribution in [1.29, 1.82) is 0 Å². The Kier molecular flexibility index (Phi) is 2.60. The van der Waals surface area contributed by atoms with Gasteiger partial charge in [-0.1, -0.05) is 30.3 Å². The maximum atomic E-state index is 6.39. The van der Waals surface area contributed by atoms with Crippen molar-refractivity contribution in [2.45, 2.75) is 18.9 Å². The number of hydrogen-bond acceptors (Lipinski definition) is 3. The Bertz CT molecular complexity index is 780. The molecular formula is C16H17N5. The van der Waals surface area contributed by atoms with E-state index in [9.17, 15) is 0 Å². The summed E-state index contributed by atoms with van der Waals surface area (Å²) < 4.78 is 3.95. The van der Waals surface area contributed by atoms with Gasteiger partial charge in [-0.2, -0.15) is 5.10 Å². The van der Waals surface area contributed by atoms with Crippen LogP contribution in [-0.2, 0) is 7.05 Å². The Morgan fingerprint density at radius 3 is 2.52 bits per heavy atom. The Morgan fingerprint density at radius 1 is 1.14 bits per heavy atom. The summed E-state index contributed by atoms with van der Waals surface area (Å²) in [4.78, 5) is 4.81. The molecular weight excluding hydrogens is 262 g/mol. The summed E-state index contributed by atoms with van der Waals surface area (Å²) in [5, 5.41) is 4.22. The van der Waals surface area contributed by atoms with Crippen LogP contribution in [0.4, 0.5) is 5.82 Å². The molecule has 0 atom stereocenters. The van der Waals surface area contributed by atoms with Gasteiger partial charge in [0.2, 0.25) is 0 Å². The van der Waals surface area contributed by atoms with Crippen molar-refractivity contribution in [3.63, 3.8) is 0 Å². The molecule has 0 amide bonds. The van der Waals surface area contributed by atoms with Crippen LogP contribution >= 0.6 is 0 Å². The van der Waals surface area contributed by atoms with Gasteiger partial charge < -0.3 is 10.3 Å². The Hall–Kier alpha value is -2.56. The maximum absolute atomic E-state index is 6.39. The molecule has 1 aliphatic rings. The van der Waals surface area contributed by atoms with Crippen LogP contribution in [0, 0.1) is 0 Å². The smallest absolute Gasteiger partial charge is 0.142 e. The molecule has 2 heterocycles. The third-order valence-electron chi connectivity index (χ3n) is 3.87. The van der Waals surface area contributed by atoms with Crippen molar-refractivity contribution < 1.29 is 0 Å². The number of anilines is 1. The number of rotatable bonds is 3. The van der Waals surface area contributed by atoms with E-state index in [1.807, 2.05) is 37.6 Å². The van der Waals surface area contributed by atoms with Gasteiger partial charge in [-0.25, -0.2) is 4.98 Å². The van der Waals surface area contributed by atoms with Crippen molar-refractivity contribution in [2.75, 3.05) is 5.73 Å². The van der Waals surface area contributed by atoms with Gasteiger partial charge in [0.25, 0.3) is 0 Å². The molecule has 0 saturated heterocycles. The molecule has 0 radical (unpaired) electrons. The van der Waals surface area contributed by atoms with Gasteiger partial charge in [0, 0.05) is 30.4 Å². The van der Waals surface area contributed by atoms with Crippen molar-refractivity contribution in [1.82, 2.24) is 19.3 Å². The molecule has 0 spiro atoms. The van der Waals surface area contributed by atoms with Gasteiger partial charge in [0.05, 0.1) is 6.20 Å². The van der Waals surface area contributed by atoms with Crippen LogP contribution in [0.1, 0.15) is 18.9 Å². The second-order valence-corrected chi connectivity index (χ2v) is 5.54. The SMILES string of the molecule is Cn1cc(-c2nc(-c3ccccc3)n(C3CC3)c2N)cn1. The first-order valence-electron chi connectivity index (χ1n) is 7.16. The normalized spacial score (nSPS) is 14.5. The molecule has 1 saturated carbocycles. The molecule has 1 fully saturated rings. The van der Waals surface area contributed by atoms with E-state index in [0.29, 0.717) is 6.04 Å². The molecule has 5 heteroatoms. The molecule has 5 nitrogen and oxygen atoms in total. The topological polar surface area (TPSA) is 61.7 Å². The summed E-state index contributed by atoms with van der Waals surface area (Å²) in [5.74, 6) is 1.69. The number of aromatic nitrogens is 4. The first kappa shape index (κ1) is 12.2. The zero-order chi connectivity index (χ0) is 14.4. The van der Waals surface area contributed by atoms with E-state index in [1.165, 1.54) is 12.8 Å². The van der Waals surface area contributed by atoms with Crippen LogP contribution in [0.2, 0.25) is 0 Å². The zero-order valence-corrected chi connectivity index (χ0v) is 11.9. The molecule has 21 heavy (non-hydrogen) atoms. The lowest BCUT2D eigenvalue weighted by molar-refractivity contribution is 0.760. The summed E-state index contributed by atoms with van der Waals surface area (Å²) in [6.07, 6.45) is 6.11. The molecule has 0 aliphatic heterocycles. The monoisotopic (exact) mass is 279 g/mol. The average molecular weight is 279 g/mol. The van der Waals surface area contributed by atoms with Crippen LogP contribution in [0.3, 0.4) is 0 Å². The number of nitrogens with zero attached hydrogens (tertiary/aromatic N) is 4. The lowest BCUT2D eigenvalue weighted by Gasteiger charge is -2.07. The van der Waals surface area contributed by atoms with Crippen LogP contribution < -0.4 is 5.73 Å². The van der Waals surface area contributed by atoms with E-state index >= 15 is 0 Å². The minimum atomic E-state index is 0.484. The van der Waals surface area contributed by atoms with Crippen LogP contribution in [0.15, 0.2) is 42.7 Å². The maximum Gasteiger partial charge on any atom is 0.142 e. The second-order valence-electron chi connectivity index (χ2n) is 5.54. The van der Waals surface area contributed by atoms with Gasteiger partial charge in [-0.15, -0.1) is 0 Å². The van der Waals surface area contributed by atoms with Gasteiger partial charge in [0.1, 0.15) is 17.3 Å². The third-order valence-corrected chi connectivity index (χ3v) is 3.87. The Morgan fingerprint density at radius 2 is 1.90 bits per heavy atom. The molecule has 0 bridgehead atoms. The highest BCUT2D eigenvalue weighted by Gasteiger charge is 2.30. The fourth-order valence-corrected chi connectivity index (χ4v) is 2.69. The second kappa shape index (κ2) is 4.48. The van der Waals surface area contributed by atoms with E-state index < -0.39 is 0 Å². The first-order valence-corrected chi connectivity index (χ1v) is 7.16. The minimum absolute atomic E-state index is 0.484. The summed E-state index contributed by atoms with van der Waals surface area (Å²) >= 11 is 0. The van der Waals surface area contributed by atoms with Crippen LogP contribution in [0.5, 0.6) is 0 Å². The van der Waals surface area contributed by atoms with Crippen LogP contribution in [-0.4, -0.2) is 19.3 Å². The summed E-state index contributed by atoms with van der Waals surface area (Å²) in [7, 11) is 1.90. The first-order chi connectivity index (χ1) is 10.2. The third kappa shape index (κ3) is 2.01. The number of hydrogen-bond donors (Lipinski definition) is 1. The Labute approximate surface area is 123 Å². The number of nitrogen functional groups attached to an aromatic ring is 1. The summed E-state index contributed by atoms with van der Waals surface area (Å²) in [5.41, 5.74) is 9.28. The van der Waals surface area contributed by atoms with E-state index in [1.54, 1.807) is 4.68 Å². The molecule has 1 aromatic carbocycles. The predicted molar refractivity (Wildman–Crippen MR) is 82.5 cm³/mol. The molecule has 3 aromatic rings. The molecule has 2 N–H and O–H groups in total. The van der Waals surface area contributed by atoms with Gasteiger partial charge in [0.15, 0.2) is 0 Å². The largest absolute Gasteiger partial charge is 0.383 e. The van der Waals surface area contributed by atoms with Gasteiger partial charge in [-0.3, -0.25) is 4.68 Å². The van der Waals surface area contributed by atoms with Gasteiger partial charge in [-0.05, 0) is 12.8 Å². The number of benzene rings is 1. The van der Waals surface area contributed by atoms with Crippen LogP contribution in [0.25, 0.3) is 22.6 Å². The molecule has 4 rings (SSSR count). The van der Waals surface area contributed by atoms with E-state index in [0.717, 1.165) is 28.5 Å². The molecule has 106 valence electrons. The minimum Gasteiger partial charge on any atom is -0.383 e.